The Morgan fingerprint density at radius 2 is 1.80 bits per heavy atom. The first-order valence-electron chi connectivity index (χ1n) is 12.4. The SMILES string of the molecule is COc1cc(C2=Cc3cc(-c4ccc(CC(=O)Nc5cnc(OC)c(C(C)(F)F)c5)c(F)c4)cnc3C2)ccn1. The Bertz CT molecular complexity index is 1630. The molecule has 1 N–H and O–H groups in total. The van der Waals surface area contributed by atoms with Crippen molar-refractivity contribution in [1.29, 1.82) is 0 Å². The summed E-state index contributed by atoms with van der Waals surface area (Å²) in [6.07, 6.45) is 7.00. The Morgan fingerprint density at radius 3 is 2.52 bits per heavy atom. The molecule has 0 saturated carbocycles. The van der Waals surface area contributed by atoms with Crippen molar-refractivity contribution in [3.63, 3.8) is 0 Å². The van der Waals surface area contributed by atoms with Crippen LogP contribution in [-0.4, -0.2) is 35.1 Å². The van der Waals surface area contributed by atoms with Crippen molar-refractivity contribution in [3.05, 3.63) is 94.8 Å². The number of fused-ring (bicyclic) bond motifs is 1. The van der Waals surface area contributed by atoms with Gasteiger partial charge in [0.2, 0.25) is 17.7 Å². The van der Waals surface area contributed by atoms with E-state index < -0.39 is 23.2 Å². The number of carbonyl (C=O) groups is 1. The van der Waals surface area contributed by atoms with Gasteiger partial charge < -0.3 is 14.8 Å². The first-order valence-corrected chi connectivity index (χ1v) is 12.4. The molecule has 204 valence electrons. The highest BCUT2D eigenvalue weighted by Crippen LogP contribution is 2.35. The zero-order chi connectivity index (χ0) is 28.4. The summed E-state index contributed by atoms with van der Waals surface area (Å²) in [7, 11) is 2.80. The third kappa shape index (κ3) is 5.66. The molecule has 5 rings (SSSR count). The Labute approximate surface area is 228 Å². The largest absolute Gasteiger partial charge is 0.481 e. The van der Waals surface area contributed by atoms with Gasteiger partial charge in [-0.2, -0.15) is 0 Å². The van der Waals surface area contributed by atoms with E-state index in [9.17, 15) is 13.6 Å². The lowest BCUT2D eigenvalue weighted by Crippen LogP contribution is -2.17. The first-order chi connectivity index (χ1) is 19.1. The second-order valence-electron chi connectivity index (χ2n) is 9.39. The quantitative estimate of drug-likeness (QED) is 0.288. The molecule has 0 bridgehead atoms. The molecule has 7 nitrogen and oxygen atoms in total. The molecule has 0 unspecified atom stereocenters. The summed E-state index contributed by atoms with van der Waals surface area (Å²) in [5, 5.41) is 2.50. The topological polar surface area (TPSA) is 86.2 Å². The maximum atomic E-state index is 15.0. The van der Waals surface area contributed by atoms with Gasteiger partial charge >= 0.3 is 0 Å². The summed E-state index contributed by atoms with van der Waals surface area (Å²) in [5.74, 6) is -4.08. The summed E-state index contributed by atoms with van der Waals surface area (Å²) < 4.78 is 52.9. The van der Waals surface area contributed by atoms with Crippen molar-refractivity contribution >= 4 is 23.2 Å². The van der Waals surface area contributed by atoms with Crippen LogP contribution in [0, 0.1) is 5.82 Å². The van der Waals surface area contributed by atoms with Gasteiger partial charge in [0.25, 0.3) is 5.92 Å². The van der Waals surface area contributed by atoms with E-state index in [1.165, 1.54) is 25.4 Å². The number of carbonyl (C=O) groups excluding carboxylic acids is 1. The average Bonchev–Trinajstić information content (AvgIpc) is 3.37. The predicted molar refractivity (Wildman–Crippen MR) is 145 cm³/mol. The lowest BCUT2D eigenvalue weighted by atomic mass is 10.0. The van der Waals surface area contributed by atoms with Crippen LogP contribution in [0.4, 0.5) is 18.9 Å². The number of amides is 1. The van der Waals surface area contributed by atoms with Gasteiger partial charge in [0, 0.05) is 37.4 Å². The smallest absolute Gasteiger partial charge is 0.275 e. The highest BCUT2D eigenvalue weighted by molar-refractivity contribution is 5.92. The molecule has 4 aromatic rings. The van der Waals surface area contributed by atoms with E-state index in [0.29, 0.717) is 24.8 Å². The lowest BCUT2D eigenvalue weighted by Gasteiger charge is -2.15. The minimum atomic E-state index is -3.22. The highest BCUT2D eigenvalue weighted by Gasteiger charge is 2.30. The Balaban J connectivity index is 1.30. The number of alkyl halides is 2. The van der Waals surface area contributed by atoms with E-state index in [-0.39, 0.29) is 23.6 Å². The molecular formula is C30H25F3N4O3. The number of allylic oxidation sites excluding steroid dienone is 1. The molecule has 0 atom stereocenters. The molecule has 1 aliphatic carbocycles. The maximum absolute atomic E-state index is 15.0. The standard InChI is InChI=1S/C30H25F3N4O3/c1-30(32,33)24-14-23(16-36-29(24)40-3)37-27(38)12-19-5-4-17(10-25(19)31)22-9-21-8-20(11-26(21)35-15-22)18-6-7-34-28(13-18)39-2/h4-10,13-16H,11-12H2,1-3H3,(H,37,38). The van der Waals surface area contributed by atoms with E-state index in [1.54, 1.807) is 25.6 Å². The number of rotatable bonds is 8. The molecule has 0 saturated heterocycles. The number of benzene rings is 1. The molecule has 1 aliphatic rings. The normalized spacial score (nSPS) is 12.5. The molecule has 1 amide bonds. The number of aromatic nitrogens is 3. The van der Waals surface area contributed by atoms with Crippen LogP contribution in [0.15, 0.2) is 61.1 Å². The molecule has 0 fully saturated rings. The fourth-order valence-electron chi connectivity index (χ4n) is 4.51. The molecule has 0 radical (unpaired) electrons. The second kappa shape index (κ2) is 10.8. The average molecular weight is 547 g/mol. The summed E-state index contributed by atoms with van der Waals surface area (Å²) >= 11 is 0. The predicted octanol–water partition coefficient (Wildman–Crippen LogP) is 6.08. The number of hydrogen-bond acceptors (Lipinski definition) is 6. The minimum Gasteiger partial charge on any atom is -0.481 e. The fourth-order valence-corrected chi connectivity index (χ4v) is 4.51. The zero-order valence-corrected chi connectivity index (χ0v) is 22.0. The van der Waals surface area contributed by atoms with Crippen LogP contribution in [0.5, 0.6) is 11.8 Å². The number of nitrogens with one attached hydrogen (secondary N) is 1. The van der Waals surface area contributed by atoms with Crippen molar-refractivity contribution in [2.24, 2.45) is 0 Å². The van der Waals surface area contributed by atoms with Gasteiger partial charge in [-0.15, -0.1) is 0 Å². The van der Waals surface area contributed by atoms with Gasteiger partial charge in [0.1, 0.15) is 5.82 Å². The van der Waals surface area contributed by atoms with Gasteiger partial charge in [-0.05, 0) is 58.2 Å². The molecule has 0 aliphatic heterocycles. The minimum absolute atomic E-state index is 0.0567. The van der Waals surface area contributed by atoms with E-state index in [2.05, 4.69) is 20.3 Å². The molecule has 3 heterocycles. The van der Waals surface area contributed by atoms with E-state index in [0.717, 1.165) is 34.0 Å². The number of nitrogens with zero attached hydrogens (tertiary/aromatic N) is 3. The van der Waals surface area contributed by atoms with Gasteiger partial charge in [-0.25, -0.2) is 23.1 Å². The van der Waals surface area contributed by atoms with E-state index >= 15 is 4.39 Å². The Hall–Kier alpha value is -4.73. The van der Waals surface area contributed by atoms with Crippen LogP contribution >= 0.6 is 0 Å². The molecule has 1 aromatic carbocycles. The van der Waals surface area contributed by atoms with Crippen molar-refractivity contribution in [2.75, 3.05) is 19.5 Å². The number of halogens is 3. The van der Waals surface area contributed by atoms with Gasteiger partial charge in [-0.1, -0.05) is 12.1 Å². The summed E-state index contributed by atoms with van der Waals surface area (Å²) in [4.78, 5) is 25.1. The lowest BCUT2D eigenvalue weighted by molar-refractivity contribution is -0.115. The first kappa shape index (κ1) is 26.9. The van der Waals surface area contributed by atoms with Crippen LogP contribution in [-0.2, 0) is 23.6 Å². The summed E-state index contributed by atoms with van der Waals surface area (Å²) in [6.45, 7) is 0.708. The van der Waals surface area contributed by atoms with Crippen molar-refractivity contribution in [3.8, 4) is 22.9 Å². The van der Waals surface area contributed by atoms with Crippen LogP contribution in [0.2, 0.25) is 0 Å². The van der Waals surface area contributed by atoms with Gasteiger partial charge in [0.15, 0.2) is 0 Å². The third-order valence-corrected chi connectivity index (χ3v) is 6.54. The Kier molecular flexibility index (Phi) is 7.25. The molecule has 40 heavy (non-hydrogen) atoms. The monoisotopic (exact) mass is 546 g/mol. The van der Waals surface area contributed by atoms with Crippen LogP contribution in [0.1, 0.15) is 34.9 Å². The number of pyridine rings is 3. The zero-order valence-electron chi connectivity index (χ0n) is 22.0. The summed E-state index contributed by atoms with van der Waals surface area (Å²) in [5.41, 5.74) is 5.02. The van der Waals surface area contributed by atoms with Crippen LogP contribution in [0.3, 0.4) is 0 Å². The van der Waals surface area contributed by atoms with Crippen LogP contribution in [0.25, 0.3) is 22.8 Å². The highest BCUT2D eigenvalue weighted by atomic mass is 19.3. The molecule has 10 heteroatoms. The van der Waals surface area contributed by atoms with Crippen molar-refractivity contribution in [1.82, 2.24) is 15.0 Å². The van der Waals surface area contributed by atoms with E-state index in [4.69, 9.17) is 9.47 Å². The van der Waals surface area contributed by atoms with Gasteiger partial charge in [-0.3, -0.25) is 9.78 Å². The number of ether oxygens (including phenoxy) is 2. The number of methoxy groups -OCH3 is 2. The van der Waals surface area contributed by atoms with E-state index in [1.807, 2.05) is 24.3 Å². The Morgan fingerprint density at radius 1 is 0.975 bits per heavy atom. The number of hydrogen-bond donors (Lipinski definition) is 1. The molecular weight excluding hydrogens is 521 g/mol. The van der Waals surface area contributed by atoms with Gasteiger partial charge in [0.05, 0.1) is 43.8 Å². The third-order valence-electron chi connectivity index (χ3n) is 6.54. The second-order valence-corrected chi connectivity index (χ2v) is 9.39. The summed E-state index contributed by atoms with van der Waals surface area (Å²) in [6, 6.07) is 11.4. The maximum Gasteiger partial charge on any atom is 0.275 e. The van der Waals surface area contributed by atoms with Crippen molar-refractivity contribution < 1.29 is 27.4 Å². The fraction of sp³-hybridized carbons (Fsp3) is 0.200. The van der Waals surface area contributed by atoms with Crippen molar-refractivity contribution in [2.45, 2.75) is 25.7 Å². The molecule has 0 spiro atoms. The molecule has 3 aromatic heterocycles. The number of anilines is 1. The van der Waals surface area contributed by atoms with Crippen LogP contribution < -0.4 is 14.8 Å².